The van der Waals surface area contributed by atoms with E-state index in [-0.39, 0.29) is 0 Å². The topological polar surface area (TPSA) is 0 Å². The highest BCUT2D eigenvalue weighted by Crippen LogP contribution is 2.29. The van der Waals surface area contributed by atoms with Crippen LogP contribution < -0.4 is 0 Å². The fourth-order valence-corrected chi connectivity index (χ4v) is 0.866. The molecule has 0 aliphatic heterocycles. The lowest BCUT2D eigenvalue weighted by molar-refractivity contribution is 0.471. The van der Waals surface area contributed by atoms with Crippen molar-refractivity contribution in [2.75, 3.05) is 0 Å². The molecule has 0 heteroatoms. The summed E-state index contributed by atoms with van der Waals surface area (Å²) < 4.78 is 0. The number of hydrogen-bond acceptors (Lipinski definition) is 0. The van der Waals surface area contributed by atoms with E-state index < -0.39 is 0 Å². The molecule has 11 heavy (non-hydrogen) atoms. The lowest BCUT2D eigenvalue weighted by Gasteiger charge is -2.23. The third kappa shape index (κ3) is 5.06. The molecule has 0 amide bonds. The van der Waals surface area contributed by atoms with Crippen molar-refractivity contribution in [1.82, 2.24) is 0 Å². The molecule has 0 heterocycles. The second-order valence-corrected chi connectivity index (χ2v) is 5.44. The number of allylic oxidation sites excluding steroid dienone is 2. The maximum absolute atomic E-state index is 2.35. The van der Waals surface area contributed by atoms with Crippen molar-refractivity contribution in [1.29, 1.82) is 0 Å². The smallest absolute Gasteiger partial charge is 0.0176 e. The molecule has 0 aromatic heterocycles. The van der Waals surface area contributed by atoms with Gasteiger partial charge < -0.3 is 0 Å². The molecule has 0 saturated heterocycles. The average Bonchev–Trinajstić information content (AvgIpc) is 1.56. The summed E-state index contributed by atoms with van der Waals surface area (Å²) in [5, 5.41) is 0. The second-order valence-electron chi connectivity index (χ2n) is 5.44. The van der Waals surface area contributed by atoms with Gasteiger partial charge in [0.15, 0.2) is 0 Å². The first kappa shape index (κ1) is 10.7. The van der Waals surface area contributed by atoms with Crippen LogP contribution in [0, 0.1) is 10.8 Å². The van der Waals surface area contributed by atoms with E-state index in [9.17, 15) is 0 Å². The first-order valence-corrected chi connectivity index (χ1v) is 4.33. The molecule has 0 nitrogen and oxygen atoms in total. The van der Waals surface area contributed by atoms with Gasteiger partial charge in [-0.25, -0.2) is 0 Å². The minimum atomic E-state index is 0.317. The Morgan fingerprint density at radius 2 is 1.27 bits per heavy atom. The monoisotopic (exact) mass is 154 g/mol. The summed E-state index contributed by atoms with van der Waals surface area (Å²) in [5.74, 6) is 0. The Morgan fingerprint density at radius 3 is 1.36 bits per heavy atom. The molecule has 0 N–H and O–H groups in total. The van der Waals surface area contributed by atoms with Gasteiger partial charge in [-0.05, 0) is 17.8 Å². The maximum atomic E-state index is 2.35. The summed E-state index contributed by atoms with van der Waals surface area (Å²) in [5.41, 5.74) is 2.12. The van der Waals surface area contributed by atoms with Crippen molar-refractivity contribution in [3.63, 3.8) is 0 Å². The fraction of sp³-hybridized carbons (Fsp3) is 0.818. The van der Waals surface area contributed by atoms with E-state index in [0.29, 0.717) is 10.8 Å². The normalized spacial score (nSPS) is 15.4. The van der Waals surface area contributed by atoms with Gasteiger partial charge >= 0.3 is 0 Å². The van der Waals surface area contributed by atoms with Gasteiger partial charge in [0, 0.05) is 0 Å². The number of rotatable bonds is 0. The molecule has 66 valence electrons. The van der Waals surface area contributed by atoms with Crippen LogP contribution >= 0.6 is 0 Å². The molecule has 0 aliphatic rings. The first-order valence-electron chi connectivity index (χ1n) is 4.33. The average molecular weight is 154 g/mol. The van der Waals surface area contributed by atoms with E-state index in [1.807, 2.05) is 0 Å². The lowest BCUT2D eigenvalue weighted by atomic mass is 9.82. The van der Waals surface area contributed by atoms with Gasteiger partial charge in [0.05, 0.1) is 0 Å². The fourth-order valence-electron chi connectivity index (χ4n) is 0.866. The van der Waals surface area contributed by atoms with Crippen molar-refractivity contribution in [2.45, 2.75) is 48.5 Å². The Bertz CT molecular complexity index is 148. The van der Waals surface area contributed by atoms with Crippen molar-refractivity contribution < 1.29 is 0 Å². The summed E-state index contributed by atoms with van der Waals surface area (Å²) in [6.45, 7) is 15.7. The van der Waals surface area contributed by atoms with E-state index in [1.165, 1.54) is 5.57 Å². The molecule has 0 saturated carbocycles. The Kier molecular flexibility index (Phi) is 2.93. The van der Waals surface area contributed by atoms with Crippen LogP contribution in [0.25, 0.3) is 0 Å². The molecule has 0 aliphatic carbocycles. The van der Waals surface area contributed by atoms with Crippen LogP contribution in [0.3, 0.4) is 0 Å². The largest absolute Gasteiger partial charge is 0.0797 e. The Labute approximate surface area is 71.7 Å². The molecule has 0 radical (unpaired) electrons. The standard InChI is InChI=1S/C11H22/c1-9(11(5,6)7)8-10(2,3)4/h8H,1-7H3/b9-8-. The van der Waals surface area contributed by atoms with Crippen molar-refractivity contribution in [3.8, 4) is 0 Å². The van der Waals surface area contributed by atoms with Crippen LogP contribution in [0.1, 0.15) is 48.5 Å². The zero-order chi connectivity index (χ0) is 9.28. The highest BCUT2D eigenvalue weighted by Gasteiger charge is 2.15. The molecule has 0 bridgehead atoms. The van der Waals surface area contributed by atoms with Crippen LogP contribution in [0.4, 0.5) is 0 Å². The van der Waals surface area contributed by atoms with Crippen LogP contribution in [0.5, 0.6) is 0 Å². The SMILES string of the molecule is C/C(=C/C(C)(C)C)C(C)(C)C. The molecule has 0 rings (SSSR count). The molecule has 0 fully saturated rings. The van der Waals surface area contributed by atoms with Gasteiger partial charge in [0.2, 0.25) is 0 Å². The highest BCUT2D eigenvalue weighted by atomic mass is 14.2. The van der Waals surface area contributed by atoms with E-state index in [2.05, 4.69) is 54.5 Å². The van der Waals surface area contributed by atoms with Gasteiger partial charge in [-0.1, -0.05) is 53.2 Å². The molecule has 0 unspecified atom stereocenters. The van der Waals surface area contributed by atoms with E-state index >= 15 is 0 Å². The second kappa shape index (κ2) is 3.00. The van der Waals surface area contributed by atoms with Crippen LogP contribution in [0.15, 0.2) is 11.6 Å². The predicted octanol–water partition coefficient (Wildman–Crippen LogP) is 4.02. The third-order valence-corrected chi connectivity index (χ3v) is 1.83. The quantitative estimate of drug-likeness (QED) is 0.462. The van der Waals surface area contributed by atoms with Crippen molar-refractivity contribution >= 4 is 0 Å². The Morgan fingerprint density at radius 1 is 0.909 bits per heavy atom. The first-order chi connectivity index (χ1) is 4.63. The minimum Gasteiger partial charge on any atom is -0.0797 e. The summed E-state index contributed by atoms with van der Waals surface area (Å²) in [4.78, 5) is 0. The summed E-state index contributed by atoms with van der Waals surface area (Å²) in [6, 6.07) is 0. The molecular weight excluding hydrogens is 132 g/mol. The van der Waals surface area contributed by atoms with Gasteiger partial charge in [-0.2, -0.15) is 0 Å². The van der Waals surface area contributed by atoms with Crippen LogP contribution in [-0.4, -0.2) is 0 Å². The molecular formula is C11H22. The Hall–Kier alpha value is -0.260. The van der Waals surface area contributed by atoms with Gasteiger partial charge in [0.1, 0.15) is 0 Å². The zero-order valence-electron chi connectivity index (χ0n) is 9.08. The zero-order valence-corrected chi connectivity index (χ0v) is 9.08. The van der Waals surface area contributed by atoms with Crippen LogP contribution in [0.2, 0.25) is 0 Å². The highest BCUT2D eigenvalue weighted by molar-refractivity contribution is 5.10. The van der Waals surface area contributed by atoms with Crippen molar-refractivity contribution in [2.24, 2.45) is 10.8 Å². The maximum Gasteiger partial charge on any atom is -0.0176 e. The summed E-state index contributed by atoms with van der Waals surface area (Å²) >= 11 is 0. The predicted molar refractivity (Wildman–Crippen MR) is 52.7 cm³/mol. The van der Waals surface area contributed by atoms with Gasteiger partial charge in [-0.15, -0.1) is 0 Å². The third-order valence-electron chi connectivity index (χ3n) is 1.83. The van der Waals surface area contributed by atoms with E-state index in [4.69, 9.17) is 0 Å². The van der Waals surface area contributed by atoms with E-state index in [1.54, 1.807) is 0 Å². The molecule has 0 spiro atoms. The van der Waals surface area contributed by atoms with Gasteiger partial charge in [0.25, 0.3) is 0 Å². The molecule has 0 atom stereocenters. The summed E-state index contributed by atoms with van der Waals surface area (Å²) in [6.07, 6.45) is 2.35. The molecule has 0 aromatic rings. The minimum absolute atomic E-state index is 0.317. The summed E-state index contributed by atoms with van der Waals surface area (Å²) in [7, 11) is 0. The van der Waals surface area contributed by atoms with E-state index in [0.717, 1.165) is 0 Å². The van der Waals surface area contributed by atoms with Crippen LogP contribution in [-0.2, 0) is 0 Å². The Balaban J connectivity index is 4.49. The van der Waals surface area contributed by atoms with Gasteiger partial charge in [-0.3, -0.25) is 0 Å². The molecule has 0 aromatic carbocycles. The van der Waals surface area contributed by atoms with Crippen molar-refractivity contribution in [3.05, 3.63) is 11.6 Å². The lowest BCUT2D eigenvalue weighted by Crippen LogP contribution is -2.10. The number of hydrogen-bond donors (Lipinski definition) is 0.